The van der Waals surface area contributed by atoms with Gasteiger partial charge >= 0.3 is 0 Å². The van der Waals surface area contributed by atoms with E-state index in [-0.39, 0.29) is 0 Å². The minimum Gasteiger partial charge on any atom is -0.399 e. The smallest absolute Gasteiger partial charge is 0.249 e. The highest BCUT2D eigenvalue weighted by atomic mass is 32.2. The first-order chi connectivity index (χ1) is 7.15. The second-order valence-electron chi connectivity index (χ2n) is 2.96. The quantitative estimate of drug-likeness (QED) is 0.448. The average molecular weight is 226 g/mol. The Labute approximate surface area is 93.0 Å². The Morgan fingerprint density at radius 3 is 2.87 bits per heavy atom. The van der Waals surface area contributed by atoms with E-state index in [2.05, 4.69) is 0 Å². The van der Waals surface area contributed by atoms with Gasteiger partial charge in [-0.05, 0) is 18.2 Å². The first-order valence-corrected chi connectivity index (χ1v) is 5.44. The van der Waals surface area contributed by atoms with Crippen LogP contribution in [0, 0.1) is 0 Å². The van der Waals surface area contributed by atoms with E-state index in [0.29, 0.717) is 17.9 Å². The fourth-order valence-corrected chi connectivity index (χ4v) is 2.11. The minimum atomic E-state index is -0.435. The van der Waals surface area contributed by atoms with E-state index in [1.807, 2.05) is 0 Å². The van der Waals surface area contributed by atoms with E-state index in [9.17, 15) is 4.79 Å². The van der Waals surface area contributed by atoms with Gasteiger partial charge in [-0.1, -0.05) is 0 Å². The molecule has 0 unspecified atom stereocenters. The largest absolute Gasteiger partial charge is 0.399 e. The Bertz CT molecular complexity index is 355. The molecule has 0 heterocycles. The van der Waals surface area contributed by atoms with Crippen molar-refractivity contribution in [2.75, 3.05) is 25.2 Å². The first kappa shape index (κ1) is 11.9. The summed E-state index contributed by atoms with van der Waals surface area (Å²) in [5, 5.41) is 0. The molecule has 0 spiro atoms. The van der Waals surface area contributed by atoms with Crippen molar-refractivity contribution in [3.8, 4) is 0 Å². The first-order valence-electron chi connectivity index (χ1n) is 4.46. The normalized spacial score (nSPS) is 10.2. The molecule has 0 fully saturated rings. The zero-order valence-electron chi connectivity index (χ0n) is 8.53. The van der Waals surface area contributed by atoms with E-state index in [4.69, 9.17) is 16.2 Å². The van der Waals surface area contributed by atoms with Crippen molar-refractivity contribution in [3.63, 3.8) is 0 Å². The Kier molecular flexibility index (Phi) is 4.45. The summed E-state index contributed by atoms with van der Waals surface area (Å²) in [4.78, 5) is 11.9. The number of hydrogen-bond acceptors (Lipinski definition) is 4. The summed E-state index contributed by atoms with van der Waals surface area (Å²) in [5.41, 5.74) is 12.0. The second-order valence-corrected chi connectivity index (χ2v) is 4.10. The topological polar surface area (TPSA) is 78.3 Å². The Morgan fingerprint density at radius 1 is 1.53 bits per heavy atom. The van der Waals surface area contributed by atoms with Crippen molar-refractivity contribution in [3.05, 3.63) is 23.8 Å². The number of nitrogen functional groups attached to an aromatic ring is 1. The van der Waals surface area contributed by atoms with Crippen molar-refractivity contribution >= 4 is 23.4 Å². The molecule has 0 saturated carbocycles. The maximum Gasteiger partial charge on any atom is 0.249 e. The number of rotatable bonds is 5. The van der Waals surface area contributed by atoms with Crippen LogP contribution >= 0.6 is 11.8 Å². The summed E-state index contributed by atoms with van der Waals surface area (Å²) >= 11 is 1.51. The van der Waals surface area contributed by atoms with Crippen LogP contribution < -0.4 is 11.5 Å². The Balaban J connectivity index is 2.82. The number of primary amides is 1. The molecule has 1 rings (SSSR count). The maximum absolute atomic E-state index is 11.1. The molecule has 0 aromatic heterocycles. The van der Waals surface area contributed by atoms with Crippen LogP contribution in [0.25, 0.3) is 0 Å². The third-order valence-corrected chi connectivity index (χ3v) is 2.84. The van der Waals surface area contributed by atoms with Crippen LogP contribution in [0.15, 0.2) is 23.1 Å². The number of thioether (sulfide) groups is 1. The number of hydrogen-bond donors (Lipinski definition) is 2. The lowest BCUT2D eigenvalue weighted by molar-refractivity contribution is 0.0997. The monoisotopic (exact) mass is 226 g/mol. The van der Waals surface area contributed by atoms with Gasteiger partial charge in [0.05, 0.1) is 12.2 Å². The predicted molar refractivity (Wildman–Crippen MR) is 62.0 cm³/mol. The molecule has 4 N–H and O–H groups in total. The summed E-state index contributed by atoms with van der Waals surface area (Å²) in [6, 6.07) is 5.06. The van der Waals surface area contributed by atoms with Gasteiger partial charge in [-0.2, -0.15) is 0 Å². The molecular weight excluding hydrogens is 212 g/mol. The summed E-state index contributed by atoms with van der Waals surface area (Å²) in [7, 11) is 1.63. The molecule has 0 aliphatic heterocycles. The van der Waals surface area contributed by atoms with E-state index < -0.39 is 5.91 Å². The van der Waals surface area contributed by atoms with Crippen molar-refractivity contribution in [2.45, 2.75) is 4.90 Å². The third-order valence-electron chi connectivity index (χ3n) is 1.82. The Hall–Kier alpha value is -1.20. The zero-order valence-corrected chi connectivity index (χ0v) is 9.34. The molecule has 0 aliphatic rings. The van der Waals surface area contributed by atoms with Gasteiger partial charge in [-0.15, -0.1) is 11.8 Å². The molecule has 1 amide bonds. The number of amides is 1. The van der Waals surface area contributed by atoms with Crippen LogP contribution in [0.1, 0.15) is 10.4 Å². The van der Waals surface area contributed by atoms with Gasteiger partial charge in [0.2, 0.25) is 5.91 Å². The number of methoxy groups -OCH3 is 1. The van der Waals surface area contributed by atoms with Gasteiger partial charge < -0.3 is 16.2 Å². The summed E-state index contributed by atoms with van der Waals surface area (Å²) in [5.74, 6) is 0.329. The molecule has 82 valence electrons. The minimum absolute atomic E-state index is 0.435. The van der Waals surface area contributed by atoms with Crippen molar-refractivity contribution in [2.24, 2.45) is 5.73 Å². The molecule has 4 nitrogen and oxygen atoms in total. The third kappa shape index (κ3) is 3.45. The van der Waals surface area contributed by atoms with Crippen LogP contribution in [0.2, 0.25) is 0 Å². The summed E-state index contributed by atoms with van der Waals surface area (Å²) in [6.07, 6.45) is 0. The van der Waals surface area contributed by atoms with Gasteiger partial charge in [-0.25, -0.2) is 0 Å². The van der Waals surface area contributed by atoms with Crippen molar-refractivity contribution in [1.29, 1.82) is 0 Å². The lowest BCUT2D eigenvalue weighted by Crippen LogP contribution is -2.12. The lowest BCUT2D eigenvalue weighted by Gasteiger charge is -2.06. The fourth-order valence-electron chi connectivity index (χ4n) is 1.10. The Morgan fingerprint density at radius 2 is 2.27 bits per heavy atom. The second kappa shape index (κ2) is 5.63. The molecular formula is C10H14N2O2S. The van der Waals surface area contributed by atoms with Crippen LogP contribution in [0.5, 0.6) is 0 Å². The molecule has 0 radical (unpaired) electrons. The summed E-state index contributed by atoms with van der Waals surface area (Å²) < 4.78 is 4.93. The van der Waals surface area contributed by atoms with Crippen molar-refractivity contribution < 1.29 is 9.53 Å². The van der Waals surface area contributed by atoms with Gasteiger partial charge in [0.25, 0.3) is 0 Å². The molecule has 0 aliphatic carbocycles. The van der Waals surface area contributed by atoms with Gasteiger partial charge in [0.1, 0.15) is 0 Å². The zero-order chi connectivity index (χ0) is 11.3. The number of carbonyl (C=O) groups is 1. The fraction of sp³-hybridized carbons (Fsp3) is 0.300. The number of carbonyl (C=O) groups excluding carboxylic acids is 1. The highest BCUT2D eigenvalue weighted by Gasteiger charge is 2.08. The van der Waals surface area contributed by atoms with Crippen LogP contribution in [0.4, 0.5) is 5.69 Å². The van der Waals surface area contributed by atoms with Gasteiger partial charge in [0, 0.05) is 23.4 Å². The number of ether oxygens (including phenoxy) is 1. The molecule has 0 saturated heterocycles. The maximum atomic E-state index is 11.1. The van der Waals surface area contributed by atoms with E-state index in [0.717, 1.165) is 10.6 Å². The molecule has 0 bridgehead atoms. The van der Waals surface area contributed by atoms with E-state index in [1.54, 1.807) is 25.3 Å². The van der Waals surface area contributed by atoms with E-state index in [1.165, 1.54) is 11.8 Å². The molecule has 1 aromatic carbocycles. The average Bonchev–Trinajstić information content (AvgIpc) is 2.18. The number of benzene rings is 1. The predicted octanol–water partition coefficient (Wildman–Crippen LogP) is 1.11. The number of anilines is 1. The summed E-state index contributed by atoms with van der Waals surface area (Å²) in [6.45, 7) is 0.623. The standard InChI is InChI=1S/C10H14N2O2S/c1-14-4-5-15-9-6-7(11)2-3-8(9)10(12)13/h2-3,6H,4-5,11H2,1H3,(H2,12,13). The number of nitrogens with two attached hydrogens (primary N) is 2. The molecule has 0 atom stereocenters. The van der Waals surface area contributed by atoms with Gasteiger partial charge in [0.15, 0.2) is 0 Å². The SMILES string of the molecule is COCCSc1cc(N)ccc1C(N)=O. The van der Waals surface area contributed by atoms with Crippen LogP contribution in [-0.2, 0) is 4.74 Å². The highest BCUT2D eigenvalue weighted by Crippen LogP contribution is 2.24. The molecule has 5 heteroatoms. The van der Waals surface area contributed by atoms with Crippen LogP contribution in [-0.4, -0.2) is 25.4 Å². The highest BCUT2D eigenvalue weighted by molar-refractivity contribution is 7.99. The lowest BCUT2D eigenvalue weighted by atomic mass is 10.2. The van der Waals surface area contributed by atoms with E-state index >= 15 is 0 Å². The van der Waals surface area contributed by atoms with Gasteiger partial charge in [-0.3, -0.25) is 4.79 Å². The van der Waals surface area contributed by atoms with Crippen LogP contribution in [0.3, 0.4) is 0 Å². The molecule has 1 aromatic rings. The van der Waals surface area contributed by atoms with Crippen molar-refractivity contribution in [1.82, 2.24) is 0 Å². The molecule has 15 heavy (non-hydrogen) atoms.